The van der Waals surface area contributed by atoms with Crippen LogP contribution in [0.2, 0.25) is 5.02 Å². The number of nitro groups is 1. The molecule has 2 rings (SSSR count). The third kappa shape index (κ3) is 3.80. The fourth-order valence-corrected chi connectivity index (χ4v) is 3.54. The molecule has 0 spiro atoms. The smallest absolute Gasteiger partial charge is 0.269 e. The number of anilines is 1. The molecule has 0 radical (unpaired) electrons. The molecule has 0 saturated heterocycles. The minimum atomic E-state index is -1.31. The molecule has 2 N–H and O–H groups in total. The highest BCUT2D eigenvalue weighted by Crippen LogP contribution is 2.26. The third-order valence-corrected chi connectivity index (χ3v) is 4.86. The Balaban J connectivity index is 2.06. The van der Waals surface area contributed by atoms with Gasteiger partial charge in [-0.25, -0.2) is 0 Å². The Bertz CT molecular complexity index is 669. The predicted molar refractivity (Wildman–Crippen MR) is 83.9 cm³/mol. The molecule has 0 amide bonds. The van der Waals surface area contributed by atoms with Gasteiger partial charge < -0.3 is 5.73 Å². The van der Waals surface area contributed by atoms with Crippen molar-refractivity contribution in [2.24, 2.45) is 0 Å². The zero-order valence-corrected chi connectivity index (χ0v) is 12.6. The maximum Gasteiger partial charge on any atom is 0.269 e. The van der Waals surface area contributed by atoms with E-state index in [9.17, 15) is 14.3 Å². The molecular formula is C14H13ClN2O3S. The van der Waals surface area contributed by atoms with Gasteiger partial charge in [0.25, 0.3) is 5.69 Å². The number of rotatable bonds is 5. The van der Waals surface area contributed by atoms with E-state index >= 15 is 0 Å². The Hall–Kier alpha value is -1.92. The summed E-state index contributed by atoms with van der Waals surface area (Å²) >= 11 is 6.01. The number of hydrogen-bond donors (Lipinski definition) is 1. The number of aryl methyl sites for hydroxylation is 1. The van der Waals surface area contributed by atoms with Gasteiger partial charge in [0.1, 0.15) is 0 Å². The second-order valence-electron chi connectivity index (χ2n) is 4.38. The van der Waals surface area contributed by atoms with Crippen LogP contribution in [0, 0.1) is 10.1 Å². The molecule has 21 heavy (non-hydrogen) atoms. The fraction of sp³-hybridized carbons (Fsp3) is 0.143. The van der Waals surface area contributed by atoms with Gasteiger partial charge in [-0.05, 0) is 24.1 Å². The van der Waals surface area contributed by atoms with Crippen molar-refractivity contribution in [1.82, 2.24) is 0 Å². The number of nitrogens with zero attached hydrogens (tertiary/aromatic N) is 1. The average molecular weight is 325 g/mol. The monoisotopic (exact) mass is 324 g/mol. The van der Waals surface area contributed by atoms with Gasteiger partial charge in [0.15, 0.2) is 0 Å². The van der Waals surface area contributed by atoms with Crippen LogP contribution in [0.25, 0.3) is 0 Å². The summed E-state index contributed by atoms with van der Waals surface area (Å²) in [5.74, 6) is 0.353. The molecule has 7 heteroatoms. The summed E-state index contributed by atoms with van der Waals surface area (Å²) in [6, 6.07) is 11.2. The first-order valence-electron chi connectivity index (χ1n) is 6.14. The lowest BCUT2D eigenvalue weighted by molar-refractivity contribution is -0.384. The van der Waals surface area contributed by atoms with E-state index in [-0.39, 0.29) is 5.69 Å². The van der Waals surface area contributed by atoms with Crippen LogP contribution >= 0.6 is 11.6 Å². The van der Waals surface area contributed by atoms with E-state index in [1.807, 2.05) is 0 Å². The van der Waals surface area contributed by atoms with E-state index in [1.54, 1.807) is 30.3 Å². The fourth-order valence-electron chi connectivity index (χ4n) is 1.86. The Labute approximate surface area is 129 Å². The number of benzene rings is 2. The minimum absolute atomic E-state index is 0.0372. The van der Waals surface area contributed by atoms with Crippen molar-refractivity contribution in [3.63, 3.8) is 0 Å². The largest absolute Gasteiger partial charge is 0.398 e. The molecule has 2 aromatic rings. The highest BCUT2D eigenvalue weighted by molar-refractivity contribution is 7.85. The summed E-state index contributed by atoms with van der Waals surface area (Å²) in [5.41, 5.74) is 7.11. The molecular weight excluding hydrogens is 312 g/mol. The van der Waals surface area contributed by atoms with Gasteiger partial charge in [-0.15, -0.1) is 0 Å². The van der Waals surface area contributed by atoms with Gasteiger partial charge in [0.2, 0.25) is 0 Å². The molecule has 1 unspecified atom stereocenters. The van der Waals surface area contributed by atoms with Gasteiger partial charge in [-0.3, -0.25) is 14.3 Å². The zero-order chi connectivity index (χ0) is 15.4. The van der Waals surface area contributed by atoms with Crippen molar-refractivity contribution in [3.8, 4) is 0 Å². The van der Waals surface area contributed by atoms with Crippen LogP contribution in [0.3, 0.4) is 0 Å². The lowest BCUT2D eigenvalue weighted by Gasteiger charge is -2.07. The molecule has 0 saturated carbocycles. The van der Waals surface area contributed by atoms with Gasteiger partial charge in [0, 0.05) is 23.6 Å². The number of halogens is 1. The van der Waals surface area contributed by atoms with E-state index in [0.29, 0.717) is 27.8 Å². The number of hydrogen-bond acceptors (Lipinski definition) is 4. The van der Waals surface area contributed by atoms with E-state index in [4.69, 9.17) is 17.3 Å². The van der Waals surface area contributed by atoms with Gasteiger partial charge in [-0.1, -0.05) is 29.8 Å². The molecule has 110 valence electrons. The number of non-ortho nitro benzene ring substituents is 1. The number of nitro benzene ring substituents is 1. The molecule has 1 atom stereocenters. The van der Waals surface area contributed by atoms with E-state index in [1.165, 1.54) is 12.1 Å². The molecule has 0 heterocycles. The van der Waals surface area contributed by atoms with Crippen molar-refractivity contribution in [2.75, 3.05) is 11.5 Å². The highest BCUT2D eigenvalue weighted by Gasteiger charge is 2.12. The minimum Gasteiger partial charge on any atom is -0.398 e. The van der Waals surface area contributed by atoms with Crippen LogP contribution in [-0.2, 0) is 17.2 Å². The zero-order valence-electron chi connectivity index (χ0n) is 11.0. The Morgan fingerprint density at radius 1 is 1.19 bits per heavy atom. The average Bonchev–Trinajstić information content (AvgIpc) is 2.45. The van der Waals surface area contributed by atoms with Crippen molar-refractivity contribution in [3.05, 3.63) is 63.2 Å². The van der Waals surface area contributed by atoms with Crippen LogP contribution in [-0.4, -0.2) is 14.9 Å². The molecule has 0 aliphatic carbocycles. The van der Waals surface area contributed by atoms with Crippen LogP contribution in [0.1, 0.15) is 5.56 Å². The first kappa shape index (κ1) is 15.5. The molecule has 0 aliphatic heterocycles. The lowest BCUT2D eigenvalue weighted by atomic mass is 10.1. The summed E-state index contributed by atoms with van der Waals surface area (Å²) < 4.78 is 12.3. The summed E-state index contributed by atoms with van der Waals surface area (Å²) in [4.78, 5) is 10.6. The molecule has 0 fully saturated rings. The maximum atomic E-state index is 12.3. The van der Waals surface area contributed by atoms with E-state index in [2.05, 4.69) is 0 Å². The lowest BCUT2D eigenvalue weighted by Crippen LogP contribution is -2.05. The molecule has 2 aromatic carbocycles. The molecule has 0 bridgehead atoms. The second-order valence-corrected chi connectivity index (χ2v) is 6.30. The van der Waals surface area contributed by atoms with Crippen molar-refractivity contribution in [2.45, 2.75) is 11.3 Å². The standard InChI is InChI=1S/C14H13ClN2O3S/c15-12-2-1-3-13(16)14(12)21(20)9-8-10-4-6-11(7-5-10)17(18)19/h1-7H,8-9,16H2. The normalized spacial score (nSPS) is 12.0. The summed E-state index contributed by atoms with van der Waals surface area (Å²) in [6.45, 7) is 0. The van der Waals surface area contributed by atoms with Crippen molar-refractivity contribution in [1.29, 1.82) is 0 Å². The topological polar surface area (TPSA) is 86.2 Å². The SMILES string of the molecule is Nc1cccc(Cl)c1S(=O)CCc1ccc([N+](=O)[O-])cc1. The van der Waals surface area contributed by atoms with Crippen LogP contribution in [0.4, 0.5) is 11.4 Å². The quantitative estimate of drug-likeness (QED) is 0.520. The maximum absolute atomic E-state index is 12.3. The molecule has 0 aliphatic rings. The molecule has 0 aromatic heterocycles. The van der Waals surface area contributed by atoms with Crippen molar-refractivity contribution < 1.29 is 9.13 Å². The Morgan fingerprint density at radius 3 is 2.43 bits per heavy atom. The summed E-state index contributed by atoms with van der Waals surface area (Å²) in [5, 5.41) is 11.0. The first-order chi connectivity index (χ1) is 9.99. The number of nitrogen functional groups attached to an aromatic ring is 1. The third-order valence-electron chi connectivity index (χ3n) is 2.95. The summed E-state index contributed by atoms with van der Waals surface area (Å²) in [7, 11) is -1.31. The van der Waals surface area contributed by atoms with Gasteiger partial charge >= 0.3 is 0 Å². The first-order valence-corrected chi connectivity index (χ1v) is 7.84. The van der Waals surface area contributed by atoms with Crippen LogP contribution in [0.15, 0.2) is 47.4 Å². The Kier molecular flexibility index (Phi) is 4.93. The van der Waals surface area contributed by atoms with Crippen LogP contribution in [0.5, 0.6) is 0 Å². The van der Waals surface area contributed by atoms with Crippen LogP contribution < -0.4 is 5.73 Å². The Morgan fingerprint density at radius 2 is 1.86 bits per heavy atom. The van der Waals surface area contributed by atoms with Gasteiger partial charge in [-0.2, -0.15) is 0 Å². The van der Waals surface area contributed by atoms with Crippen molar-refractivity contribution >= 4 is 33.8 Å². The summed E-state index contributed by atoms with van der Waals surface area (Å²) in [6.07, 6.45) is 0.523. The highest BCUT2D eigenvalue weighted by atomic mass is 35.5. The van der Waals surface area contributed by atoms with E-state index in [0.717, 1.165) is 5.56 Å². The van der Waals surface area contributed by atoms with Gasteiger partial charge in [0.05, 0.1) is 25.6 Å². The molecule has 5 nitrogen and oxygen atoms in total. The number of nitrogens with two attached hydrogens (primary N) is 1. The van der Waals surface area contributed by atoms with E-state index < -0.39 is 15.7 Å². The predicted octanol–water partition coefficient (Wildman–Crippen LogP) is 3.18. The second kappa shape index (κ2) is 6.69.